The van der Waals surface area contributed by atoms with Crippen LogP contribution in [-0.2, 0) is 0 Å². The van der Waals surface area contributed by atoms with Gasteiger partial charge in [-0.25, -0.2) is 0 Å². The minimum Gasteiger partial charge on any atom is -0.289 e. The Bertz CT molecular complexity index is 555. The van der Waals surface area contributed by atoms with Crippen LogP contribution in [0.5, 0.6) is 0 Å². The van der Waals surface area contributed by atoms with Crippen LogP contribution in [0.1, 0.15) is 28.3 Å². The molecule has 0 saturated heterocycles. The molecule has 1 aromatic carbocycles. The van der Waals surface area contributed by atoms with Crippen LogP contribution in [0.15, 0.2) is 44.9 Å². The van der Waals surface area contributed by atoms with Crippen LogP contribution in [0.3, 0.4) is 0 Å². The lowest BCUT2D eigenvalue weighted by molar-refractivity contribution is 0.103. The fraction of sp³-hybridized carbons (Fsp3) is 0.154. The Balaban J connectivity index is 2.19. The Morgan fingerprint density at radius 2 is 2.06 bits per heavy atom. The van der Waals surface area contributed by atoms with E-state index in [1.165, 1.54) is 0 Å². The van der Waals surface area contributed by atoms with E-state index in [2.05, 4.69) is 44.0 Å². The van der Waals surface area contributed by atoms with Crippen molar-refractivity contribution in [2.75, 3.05) is 0 Å². The molecule has 3 rings (SSSR count). The summed E-state index contributed by atoms with van der Waals surface area (Å²) in [5, 5.41) is 0. The van der Waals surface area contributed by atoms with E-state index in [-0.39, 0.29) is 11.7 Å². The summed E-state index contributed by atoms with van der Waals surface area (Å²) in [4.78, 5) is 12.2. The quantitative estimate of drug-likeness (QED) is 0.687. The van der Waals surface area contributed by atoms with Gasteiger partial charge < -0.3 is 0 Å². The van der Waals surface area contributed by atoms with E-state index in [0.717, 1.165) is 32.1 Å². The van der Waals surface area contributed by atoms with Crippen molar-refractivity contribution < 1.29 is 4.79 Å². The van der Waals surface area contributed by atoms with Gasteiger partial charge in [-0.15, -0.1) is 0 Å². The van der Waals surface area contributed by atoms with Crippen LogP contribution in [0, 0.1) is 0 Å². The largest absolute Gasteiger partial charge is 0.289 e. The maximum absolute atomic E-state index is 12.2. The average molecular weight is 340 g/mol. The van der Waals surface area contributed by atoms with Gasteiger partial charge in [0.05, 0.1) is 0 Å². The number of rotatable bonds is 0. The molecule has 0 amide bonds. The number of Topliss-reactive ketones (excluding diaryl/α,β-unsaturated/α-hetero) is 1. The summed E-state index contributed by atoms with van der Waals surface area (Å²) in [5.74, 6) is 0.434. The van der Waals surface area contributed by atoms with E-state index < -0.39 is 0 Å². The van der Waals surface area contributed by atoms with Crippen LogP contribution in [-0.4, -0.2) is 5.78 Å². The molecule has 1 atom stereocenters. The fourth-order valence-electron chi connectivity index (χ4n) is 2.37. The summed E-state index contributed by atoms with van der Waals surface area (Å²) >= 11 is 6.84. The molecule has 0 spiro atoms. The number of allylic oxidation sites excluding steroid dienone is 4. The molecule has 0 bridgehead atoms. The van der Waals surface area contributed by atoms with E-state index in [0.29, 0.717) is 0 Å². The monoisotopic (exact) mass is 338 g/mol. The topological polar surface area (TPSA) is 17.1 Å². The van der Waals surface area contributed by atoms with Crippen LogP contribution in [0.4, 0.5) is 0 Å². The van der Waals surface area contributed by atoms with Gasteiger partial charge >= 0.3 is 0 Å². The molecule has 0 aliphatic heterocycles. The Morgan fingerprint density at radius 3 is 2.88 bits per heavy atom. The van der Waals surface area contributed by atoms with Gasteiger partial charge in [0.1, 0.15) is 0 Å². The third kappa shape index (κ3) is 1.45. The smallest absolute Gasteiger partial charge is 0.190 e. The Labute approximate surface area is 110 Å². The van der Waals surface area contributed by atoms with Gasteiger partial charge in [0.15, 0.2) is 5.78 Å². The number of fused-ring (bicyclic) bond motifs is 3. The number of ketones is 1. The van der Waals surface area contributed by atoms with Crippen LogP contribution < -0.4 is 0 Å². The number of hydrogen-bond acceptors (Lipinski definition) is 1. The molecule has 1 aromatic rings. The molecule has 1 unspecified atom stereocenters. The predicted molar refractivity (Wildman–Crippen MR) is 70.9 cm³/mol. The van der Waals surface area contributed by atoms with Crippen molar-refractivity contribution in [2.24, 2.45) is 0 Å². The first-order valence-electron chi connectivity index (χ1n) is 5.08. The molecule has 0 radical (unpaired) electrons. The Morgan fingerprint density at radius 1 is 1.25 bits per heavy atom. The van der Waals surface area contributed by atoms with E-state index in [1.807, 2.05) is 18.2 Å². The average Bonchev–Trinajstić information content (AvgIpc) is 2.53. The maximum Gasteiger partial charge on any atom is 0.190 e. The van der Waals surface area contributed by atoms with Crippen molar-refractivity contribution in [3.05, 3.63) is 56.0 Å². The first kappa shape index (κ1) is 10.5. The highest BCUT2D eigenvalue weighted by atomic mass is 79.9. The van der Waals surface area contributed by atoms with Gasteiger partial charge in [0.25, 0.3) is 0 Å². The summed E-state index contributed by atoms with van der Waals surface area (Å²) in [7, 11) is 0. The number of carbonyl (C=O) groups excluding carboxylic acids is 1. The van der Waals surface area contributed by atoms with E-state index in [4.69, 9.17) is 0 Å². The molecule has 0 saturated carbocycles. The number of carbonyl (C=O) groups is 1. The summed E-state index contributed by atoms with van der Waals surface area (Å²) < 4.78 is 1.98. The van der Waals surface area contributed by atoms with Crippen molar-refractivity contribution >= 4 is 37.6 Å². The lowest BCUT2D eigenvalue weighted by Crippen LogP contribution is -2.02. The molecule has 0 heterocycles. The summed E-state index contributed by atoms with van der Waals surface area (Å²) in [6.07, 6.45) is 4.98. The van der Waals surface area contributed by atoms with Gasteiger partial charge in [-0.3, -0.25) is 4.79 Å². The highest BCUT2D eigenvalue weighted by Crippen LogP contribution is 2.44. The molecule has 2 aliphatic rings. The van der Waals surface area contributed by atoms with Crippen LogP contribution in [0.25, 0.3) is 0 Å². The minimum absolute atomic E-state index is 0.173. The van der Waals surface area contributed by atoms with Crippen molar-refractivity contribution in [2.45, 2.75) is 12.3 Å². The summed E-state index contributed by atoms with van der Waals surface area (Å²) in [6, 6.07) is 5.98. The molecule has 1 nitrogen and oxygen atoms in total. The molecule has 2 aliphatic carbocycles. The standard InChI is InChI=1S/C13H8Br2O/c14-7-1-3-9-10-4-2-8(15)6-12(10)13(16)11(9)5-7/h1-3,5-6,10H,4H2. The SMILES string of the molecule is O=C1C2=CC(Br)=CCC2c2ccc(Br)cc21. The zero-order chi connectivity index (χ0) is 11.3. The third-order valence-electron chi connectivity index (χ3n) is 3.11. The van der Waals surface area contributed by atoms with Crippen LogP contribution in [0.2, 0.25) is 0 Å². The predicted octanol–water partition coefficient (Wildman–Crippen LogP) is 4.34. The number of halogens is 2. The van der Waals surface area contributed by atoms with E-state index in [1.54, 1.807) is 0 Å². The third-order valence-corrected chi connectivity index (χ3v) is 4.16. The highest BCUT2D eigenvalue weighted by molar-refractivity contribution is 9.12. The van der Waals surface area contributed by atoms with Gasteiger partial charge in [-0.2, -0.15) is 0 Å². The lowest BCUT2D eigenvalue weighted by Gasteiger charge is -2.14. The van der Waals surface area contributed by atoms with Gasteiger partial charge in [-0.1, -0.05) is 44.0 Å². The second-order valence-corrected chi connectivity index (χ2v) is 5.87. The van der Waals surface area contributed by atoms with Crippen molar-refractivity contribution in [1.82, 2.24) is 0 Å². The normalized spacial score (nSPS) is 22.4. The second-order valence-electron chi connectivity index (χ2n) is 4.04. The fourth-order valence-corrected chi connectivity index (χ4v) is 3.16. The molecule has 80 valence electrons. The molecule has 16 heavy (non-hydrogen) atoms. The Kier molecular flexibility index (Phi) is 2.41. The first-order valence-corrected chi connectivity index (χ1v) is 6.67. The number of benzene rings is 1. The van der Waals surface area contributed by atoms with Crippen LogP contribution >= 0.6 is 31.9 Å². The van der Waals surface area contributed by atoms with Crippen molar-refractivity contribution in [3.8, 4) is 0 Å². The first-order chi connectivity index (χ1) is 7.66. The molecule has 0 N–H and O–H groups in total. The minimum atomic E-state index is 0.173. The molecule has 0 fully saturated rings. The van der Waals surface area contributed by atoms with Gasteiger partial charge in [-0.05, 0) is 30.2 Å². The summed E-state index contributed by atoms with van der Waals surface area (Å²) in [5.41, 5.74) is 2.93. The second kappa shape index (κ2) is 3.67. The molecule has 0 aromatic heterocycles. The maximum atomic E-state index is 12.2. The zero-order valence-corrected chi connectivity index (χ0v) is 11.5. The highest BCUT2D eigenvalue weighted by Gasteiger charge is 2.35. The summed E-state index contributed by atoms with van der Waals surface area (Å²) in [6.45, 7) is 0. The van der Waals surface area contributed by atoms with Crippen molar-refractivity contribution in [3.63, 3.8) is 0 Å². The molecular weight excluding hydrogens is 332 g/mol. The van der Waals surface area contributed by atoms with Crippen molar-refractivity contribution in [1.29, 1.82) is 0 Å². The zero-order valence-electron chi connectivity index (χ0n) is 8.34. The van der Waals surface area contributed by atoms with Gasteiger partial charge in [0, 0.05) is 26.0 Å². The van der Waals surface area contributed by atoms with Gasteiger partial charge in [0.2, 0.25) is 0 Å². The van der Waals surface area contributed by atoms with E-state index >= 15 is 0 Å². The molecular formula is C13H8Br2O. The Hall–Kier alpha value is -0.670. The van der Waals surface area contributed by atoms with E-state index in [9.17, 15) is 4.79 Å². The lowest BCUT2D eigenvalue weighted by atomic mass is 9.91. The number of hydrogen-bond donors (Lipinski definition) is 0. The molecule has 3 heteroatoms.